The Morgan fingerprint density at radius 1 is 0.778 bits per heavy atom. The Morgan fingerprint density at radius 2 is 1.11 bits per heavy atom. The molecule has 0 aromatic rings. The third-order valence-corrected chi connectivity index (χ3v) is 9.37. The van der Waals surface area contributed by atoms with Crippen LogP contribution in [-0.4, -0.2) is 55.1 Å². The SMILES string of the molecule is CO[Si](CC1COC1)(CC1COC1)CC1COC1. The normalized spacial score (nSPS) is 26.5. The average molecular weight is 272 g/mol. The predicted octanol–water partition coefficient (Wildman–Crippen LogP) is 1.52. The first-order chi connectivity index (χ1) is 8.80. The Balaban J connectivity index is 1.61. The molecule has 3 saturated heterocycles. The van der Waals surface area contributed by atoms with Crippen molar-refractivity contribution in [3.63, 3.8) is 0 Å². The van der Waals surface area contributed by atoms with Crippen molar-refractivity contribution >= 4 is 8.32 Å². The highest BCUT2D eigenvalue weighted by molar-refractivity contribution is 6.74. The number of ether oxygens (including phenoxy) is 3. The van der Waals surface area contributed by atoms with Crippen molar-refractivity contribution in [2.45, 2.75) is 18.1 Å². The zero-order valence-corrected chi connectivity index (χ0v) is 12.2. The molecule has 3 rings (SSSR count). The monoisotopic (exact) mass is 272 g/mol. The predicted molar refractivity (Wildman–Crippen MR) is 70.1 cm³/mol. The second kappa shape index (κ2) is 5.59. The molecular formula is C13H24O4Si. The van der Waals surface area contributed by atoms with Gasteiger partial charge < -0.3 is 18.6 Å². The van der Waals surface area contributed by atoms with Gasteiger partial charge in [0, 0.05) is 24.9 Å². The van der Waals surface area contributed by atoms with Crippen LogP contribution in [0.25, 0.3) is 0 Å². The van der Waals surface area contributed by atoms with Crippen LogP contribution in [0.4, 0.5) is 0 Å². The van der Waals surface area contributed by atoms with E-state index in [0.29, 0.717) is 0 Å². The van der Waals surface area contributed by atoms with Gasteiger partial charge in [-0.3, -0.25) is 0 Å². The first kappa shape index (κ1) is 13.1. The lowest BCUT2D eigenvalue weighted by Crippen LogP contribution is -2.50. The average Bonchev–Trinajstić information content (AvgIpc) is 2.22. The standard InChI is InChI=1S/C13H24O4Si/c1-14-18(8-11-2-15-3-11,9-12-4-16-5-12)10-13-6-17-7-13/h11-13H,2-10H2,1H3. The van der Waals surface area contributed by atoms with Gasteiger partial charge in [-0.15, -0.1) is 0 Å². The summed E-state index contributed by atoms with van der Waals surface area (Å²) >= 11 is 0. The van der Waals surface area contributed by atoms with Crippen LogP contribution in [0.15, 0.2) is 0 Å². The summed E-state index contributed by atoms with van der Waals surface area (Å²) in [5.74, 6) is 2.25. The number of rotatable bonds is 7. The van der Waals surface area contributed by atoms with Crippen molar-refractivity contribution in [3.05, 3.63) is 0 Å². The Kier molecular flexibility index (Phi) is 4.05. The van der Waals surface area contributed by atoms with Gasteiger partial charge in [0.25, 0.3) is 0 Å². The zero-order valence-electron chi connectivity index (χ0n) is 11.2. The molecule has 0 saturated carbocycles. The maximum absolute atomic E-state index is 6.13. The minimum atomic E-state index is -1.61. The molecule has 3 heterocycles. The molecule has 3 aliphatic heterocycles. The molecule has 18 heavy (non-hydrogen) atoms. The third-order valence-electron chi connectivity index (χ3n) is 4.54. The van der Waals surface area contributed by atoms with Crippen LogP contribution in [0.3, 0.4) is 0 Å². The molecule has 4 nitrogen and oxygen atoms in total. The molecule has 0 unspecified atom stereocenters. The first-order valence-electron chi connectivity index (χ1n) is 7.08. The summed E-state index contributed by atoms with van der Waals surface area (Å²) in [6.45, 7) is 5.67. The first-order valence-corrected chi connectivity index (χ1v) is 9.61. The molecule has 0 aliphatic carbocycles. The minimum Gasteiger partial charge on any atom is -0.420 e. The summed E-state index contributed by atoms with van der Waals surface area (Å²) in [7, 11) is 0.327. The second-order valence-corrected chi connectivity index (χ2v) is 10.2. The van der Waals surface area contributed by atoms with Gasteiger partial charge >= 0.3 is 0 Å². The van der Waals surface area contributed by atoms with Gasteiger partial charge in [-0.25, -0.2) is 0 Å². The van der Waals surface area contributed by atoms with Crippen molar-refractivity contribution < 1.29 is 18.6 Å². The summed E-state index contributed by atoms with van der Waals surface area (Å²) in [5.41, 5.74) is 0. The fraction of sp³-hybridized carbons (Fsp3) is 1.00. The van der Waals surface area contributed by atoms with E-state index < -0.39 is 8.32 Å². The Morgan fingerprint density at radius 3 is 1.28 bits per heavy atom. The summed E-state index contributed by atoms with van der Waals surface area (Å²) < 4.78 is 22.1. The number of hydrogen-bond donors (Lipinski definition) is 0. The van der Waals surface area contributed by atoms with Gasteiger partial charge in [-0.2, -0.15) is 0 Å². The smallest absolute Gasteiger partial charge is 0.193 e. The van der Waals surface area contributed by atoms with E-state index >= 15 is 0 Å². The highest BCUT2D eigenvalue weighted by Gasteiger charge is 2.44. The molecule has 0 aromatic heterocycles. The fourth-order valence-corrected chi connectivity index (χ4v) is 8.15. The van der Waals surface area contributed by atoms with Crippen LogP contribution < -0.4 is 0 Å². The summed E-state index contributed by atoms with van der Waals surface area (Å²) in [4.78, 5) is 0. The van der Waals surface area contributed by atoms with E-state index in [9.17, 15) is 0 Å². The fourth-order valence-electron chi connectivity index (χ4n) is 3.29. The molecule has 104 valence electrons. The summed E-state index contributed by atoms with van der Waals surface area (Å²) in [6.07, 6.45) is 0. The van der Waals surface area contributed by atoms with Gasteiger partial charge in [-0.05, 0) is 18.1 Å². The Labute approximate surface area is 110 Å². The van der Waals surface area contributed by atoms with Gasteiger partial charge in [0.05, 0.1) is 39.6 Å². The van der Waals surface area contributed by atoms with Gasteiger partial charge in [0.1, 0.15) is 0 Å². The molecule has 0 atom stereocenters. The topological polar surface area (TPSA) is 36.9 Å². The molecule has 0 bridgehead atoms. The van der Waals surface area contributed by atoms with Crippen molar-refractivity contribution in [1.82, 2.24) is 0 Å². The highest BCUT2D eigenvalue weighted by Crippen LogP contribution is 2.38. The van der Waals surface area contributed by atoms with E-state index in [4.69, 9.17) is 18.6 Å². The summed E-state index contributed by atoms with van der Waals surface area (Å²) in [6, 6.07) is 3.82. The van der Waals surface area contributed by atoms with Gasteiger partial charge in [0.2, 0.25) is 0 Å². The van der Waals surface area contributed by atoms with E-state index in [1.54, 1.807) is 0 Å². The van der Waals surface area contributed by atoms with Crippen LogP contribution >= 0.6 is 0 Å². The van der Waals surface area contributed by atoms with Crippen molar-refractivity contribution in [1.29, 1.82) is 0 Å². The zero-order chi connectivity index (χ0) is 12.4. The van der Waals surface area contributed by atoms with Gasteiger partial charge in [-0.1, -0.05) is 0 Å². The molecule has 5 heteroatoms. The Hall–Kier alpha value is 0.0569. The van der Waals surface area contributed by atoms with Crippen LogP contribution in [0.1, 0.15) is 0 Å². The third kappa shape index (κ3) is 2.80. The van der Waals surface area contributed by atoms with Crippen molar-refractivity contribution in [2.75, 3.05) is 46.8 Å². The van der Waals surface area contributed by atoms with Crippen LogP contribution in [0.5, 0.6) is 0 Å². The van der Waals surface area contributed by atoms with E-state index in [1.165, 1.54) is 18.1 Å². The quantitative estimate of drug-likeness (QED) is 0.659. The van der Waals surface area contributed by atoms with Gasteiger partial charge in [0.15, 0.2) is 8.32 Å². The molecule has 0 spiro atoms. The molecule has 3 aliphatic rings. The minimum absolute atomic E-state index is 0.749. The maximum Gasteiger partial charge on any atom is 0.193 e. The number of hydrogen-bond acceptors (Lipinski definition) is 4. The lowest BCUT2D eigenvalue weighted by Gasteiger charge is -2.43. The molecule has 0 amide bonds. The van der Waals surface area contributed by atoms with Crippen LogP contribution in [-0.2, 0) is 18.6 Å². The molecule has 0 N–H and O–H groups in total. The highest BCUT2D eigenvalue weighted by atomic mass is 28.4. The molecule has 0 radical (unpaired) electrons. The lowest BCUT2D eigenvalue weighted by molar-refractivity contribution is -0.0361. The molecule has 0 aromatic carbocycles. The van der Waals surface area contributed by atoms with E-state index in [1.807, 2.05) is 7.11 Å². The largest absolute Gasteiger partial charge is 0.420 e. The van der Waals surface area contributed by atoms with Crippen molar-refractivity contribution in [3.8, 4) is 0 Å². The lowest BCUT2D eigenvalue weighted by atomic mass is 10.1. The second-order valence-electron chi connectivity index (χ2n) is 6.21. The molecule has 3 fully saturated rings. The summed E-state index contributed by atoms with van der Waals surface area (Å²) in [5, 5.41) is 0. The maximum atomic E-state index is 6.13. The van der Waals surface area contributed by atoms with E-state index in [-0.39, 0.29) is 0 Å². The van der Waals surface area contributed by atoms with E-state index in [2.05, 4.69) is 0 Å². The molecular weight excluding hydrogens is 248 g/mol. The van der Waals surface area contributed by atoms with Crippen molar-refractivity contribution in [2.24, 2.45) is 17.8 Å². The van der Waals surface area contributed by atoms with Crippen LogP contribution in [0, 0.1) is 17.8 Å². The van der Waals surface area contributed by atoms with Crippen LogP contribution in [0.2, 0.25) is 18.1 Å². The van der Waals surface area contributed by atoms with E-state index in [0.717, 1.165) is 57.4 Å². The Bertz CT molecular complexity index is 233.